The van der Waals surface area contributed by atoms with Crippen molar-refractivity contribution in [2.24, 2.45) is 5.10 Å². The summed E-state index contributed by atoms with van der Waals surface area (Å²) in [7, 11) is 0. The molecule has 2 heterocycles. The second-order valence-electron chi connectivity index (χ2n) is 5.76. The van der Waals surface area contributed by atoms with Gasteiger partial charge < -0.3 is 5.32 Å². The summed E-state index contributed by atoms with van der Waals surface area (Å²) in [6.45, 7) is 2.14. The number of hydrazone groups is 1. The van der Waals surface area contributed by atoms with Crippen molar-refractivity contribution in [3.8, 4) is 0 Å². The van der Waals surface area contributed by atoms with Crippen LogP contribution in [0.4, 0.5) is 0 Å². The Hall–Kier alpha value is -2.24. The molecule has 0 saturated carbocycles. The maximum absolute atomic E-state index is 12.2. The first kappa shape index (κ1) is 17.1. The number of carbonyl (C=O) groups is 2. The lowest BCUT2D eigenvalue weighted by Crippen LogP contribution is -2.30. The average Bonchev–Trinajstić information content (AvgIpc) is 2.59. The maximum atomic E-state index is 12.2. The number of unbranched alkanes of at least 4 members (excludes halogenated alkanes) is 1. The lowest BCUT2D eigenvalue weighted by atomic mass is 10.0. The molecule has 1 unspecified atom stereocenters. The summed E-state index contributed by atoms with van der Waals surface area (Å²) in [6.07, 6.45) is 8.65. The summed E-state index contributed by atoms with van der Waals surface area (Å²) in [6, 6.07) is 3.89. The highest BCUT2D eigenvalue weighted by molar-refractivity contribution is 5.94. The number of nitrogens with zero attached hydrogens (tertiary/aromatic N) is 2. The summed E-state index contributed by atoms with van der Waals surface area (Å²) in [5.74, 6) is -0.0519. The predicted octanol–water partition coefficient (Wildman–Crippen LogP) is 2.48. The van der Waals surface area contributed by atoms with Crippen LogP contribution in [0.5, 0.6) is 0 Å². The van der Waals surface area contributed by atoms with Crippen LogP contribution in [0.25, 0.3) is 0 Å². The van der Waals surface area contributed by atoms with Crippen LogP contribution in [0.15, 0.2) is 29.6 Å². The molecule has 0 aliphatic carbocycles. The Morgan fingerprint density at radius 1 is 1.43 bits per heavy atom. The van der Waals surface area contributed by atoms with Crippen LogP contribution in [-0.2, 0) is 9.59 Å². The molecule has 0 saturated heterocycles. The van der Waals surface area contributed by atoms with E-state index in [-0.39, 0.29) is 17.9 Å². The van der Waals surface area contributed by atoms with Crippen LogP contribution in [0.2, 0.25) is 0 Å². The average molecular weight is 316 g/mol. The minimum atomic E-state index is -0.0607. The van der Waals surface area contributed by atoms with Crippen LogP contribution < -0.4 is 10.7 Å². The molecule has 1 atom stereocenters. The number of hydrogen-bond donors (Lipinski definition) is 2. The smallest absolute Gasteiger partial charge is 0.240 e. The molecule has 2 rings (SSSR count). The first-order chi connectivity index (χ1) is 11.2. The molecule has 124 valence electrons. The number of amides is 2. The number of nitrogens with one attached hydrogen (secondary N) is 2. The van der Waals surface area contributed by atoms with Gasteiger partial charge in [-0.3, -0.25) is 14.6 Å². The van der Waals surface area contributed by atoms with Gasteiger partial charge in [-0.2, -0.15) is 5.10 Å². The number of aromatic nitrogens is 1. The molecule has 0 radical (unpaired) electrons. The van der Waals surface area contributed by atoms with Crippen LogP contribution >= 0.6 is 0 Å². The van der Waals surface area contributed by atoms with Crippen LogP contribution in [0.3, 0.4) is 0 Å². The van der Waals surface area contributed by atoms with E-state index >= 15 is 0 Å². The van der Waals surface area contributed by atoms with Gasteiger partial charge >= 0.3 is 0 Å². The van der Waals surface area contributed by atoms with E-state index < -0.39 is 0 Å². The molecule has 2 amide bonds. The molecule has 1 aliphatic heterocycles. The molecule has 1 aliphatic rings. The second-order valence-corrected chi connectivity index (χ2v) is 5.76. The molecule has 0 aromatic carbocycles. The summed E-state index contributed by atoms with van der Waals surface area (Å²) in [5.41, 5.74) is 4.38. The SMILES string of the molecule is CCCCC(NC(=O)CCC1=NNC(=O)CC1)c1cccnc1. The largest absolute Gasteiger partial charge is 0.349 e. The van der Waals surface area contributed by atoms with Crippen molar-refractivity contribution in [1.29, 1.82) is 0 Å². The van der Waals surface area contributed by atoms with Crippen molar-refractivity contribution in [3.63, 3.8) is 0 Å². The van der Waals surface area contributed by atoms with Crippen molar-refractivity contribution in [2.75, 3.05) is 0 Å². The summed E-state index contributed by atoms with van der Waals surface area (Å²) in [5, 5.41) is 7.09. The van der Waals surface area contributed by atoms with Crippen molar-refractivity contribution < 1.29 is 9.59 Å². The van der Waals surface area contributed by atoms with Gasteiger partial charge in [-0.25, -0.2) is 5.43 Å². The Kier molecular flexibility index (Phi) is 6.72. The van der Waals surface area contributed by atoms with E-state index in [9.17, 15) is 9.59 Å². The van der Waals surface area contributed by atoms with E-state index in [0.717, 1.165) is 30.5 Å². The Morgan fingerprint density at radius 3 is 2.96 bits per heavy atom. The van der Waals surface area contributed by atoms with E-state index in [2.05, 4.69) is 27.8 Å². The molecule has 0 bridgehead atoms. The second kappa shape index (κ2) is 9.02. The summed E-state index contributed by atoms with van der Waals surface area (Å²) >= 11 is 0. The Labute approximate surface area is 136 Å². The molecule has 6 heteroatoms. The molecule has 6 nitrogen and oxygen atoms in total. The molecule has 1 aromatic heterocycles. The predicted molar refractivity (Wildman–Crippen MR) is 88.7 cm³/mol. The van der Waals surface area contributed by atoms with Crippen molar-refractivity contribution in [3.05, 3.63) is 30.1 Å². The Morgan fingerprint density at radius 2 is 2.30 bits per heavy atom. The zero-order valence-corrected chi connectivity index (χ0v) is 13.5. The lowest BCUT2D eigenvalue weighted by Gasteiger charge is -2.19. The van der Waals surface area contributed by atoms with E-state index in [1.54, 1.807) is 12.4 Å². The highest BCUT2D eigenvalue weighted by Gasteiger charge is 2.16. The Bertz CT molecular complexity index is 557. The van der Waals surface area contributed by atoms with Gasteiger partial charge in [-0.1, -0.05) is 25.8 Å². The summed E-state index contributed by atoms with van der Waals surface area (Å²) in [4.78, 5) is 27.4. The van der Waals surface area contributed by atoms with Gasteiger partial charge in [0.05, 0.1) is 6.04 Å². The van der Waals surface area contributed by atoms with E-state index in [4.69, 9.17) is 0 Å². The molecule has 0 fully saturated rings. The normalized spacial score (nSPS) is 15.5. The monoisotopic (exact) mass is 316 g/mol. The fourth-order valence-corrected chi connectivity index (χ4v) is 2.53. The first-order valence-electron chi connectivity index (χ1n) is 8.22. The van der Waals surface area contributed by atoms with Gasteiger partial charge in [0, 0.05) is 30.9 Å². The Balaban J connectivity index is 1.86. The third-order valence-electron chi connectivity index (χ3n) is 3.89. The third-order valence-corrected chi connectivity index (χ3v) is 3.89. The molecule has 23 heavy (non-hydrogen) atoms. The van der Waals surface area contributed by atoms with E-state index in [1.165, 1.54) is 0 Å². The van der Waals surface area contributed by atoms with Crippen molar-refractivity contribution in [1.82, 2.24) is 15.7 Å². The number of rotatable bonds is 8. The van der Waals surface area contributed by atoms with Crippen molar-refractivity contribution in [2.45, 2.75) is 57.9 Å². The molecular formula is C17H24N4O2. The molecule has 0 spiro atoms. The molecule has 2 N–H and O–H groups in total. The lowest BCUT2D eigenvalue weighted by molar-refractivity contribution is -0.122. The van der Waals surface area contributed by atoms with Gasteiger partial charge in [0.25, 0.3) is 0 Å². The molecular weight excluding hydrogens is 292 g/mol. The van der Waals surface area contributed by atoms with Crippen molar-refractivity contribution >= 4 is 17.5 Å². The zero-order chi connectivity index (χ0) is 16.5. The fraction of sp³-hybridized carbons (Fsp3) is 0.529. The number of hydrogen-bond acceptors (Lipinski definition) is 4. The molecule has 1 aromatic rings. The van der Waals surface area contributed by atoms with E-state index in [0.29, 0.717) is 25.7 Å². The standard InChI is InChI=1S/C17H24N4O2/c1-2-3-6-15(13-5-4-11-18-12-13)19-16(22)9-7-14-8-10-17(23)21-20-14/h4-5,11-12,15H,2-3,6-10H2,1H3,(H,19,22)(H,21,23). The highest BCUT2D eigenvalue weighted by Crippen LogP contribution is 2.19. The minimum absolute atomic E-state index is 0.00384. The topological polar surface area (TPSA) is 83.5 Å². The van der Waals surface area contributed by atoms with E-state index in [1.807, 2.05) is 12.1 Å². The van der Waals surface area contributed by atoms with Gasteiger partial charge in [0.2, 0.25) is 11.8 Å². The fourth-order valence-electron chi connectivity index (χ4n) is 2.53. The quantitative estimate of drug-likeness (QED) is 0.773. The summed E-state index contributed by atoms with van der Waals surface area (Å²) < 4.78 is 0. The van der Waals surface area contributed by atoms with Gasteiger partial charge in [0.15, 0.2) is 0 Å². The first-order valence-corrected chi connectivity index (χ1v) is 8.22. The maximum Gasteiger partial charge on any atom is 0.240 e. The zero-order valence-electron chi connectivity index (χ0n) is 13.5. The minimum Gasteiger partial charge on any atom is -0.349 e. The third kappa shape index (κ3) is 5.81. The van der Waals surface area contributed by atoms with Crippen LogP contribution in [0, 0.1) is 0 Å². The van der Waals surface area contributed by atoms with Crippen LogP contribution in [0.1, 0.15) is 63.5 Å². The van der Waals surface area contributed by atoms with Gasteiger partial charge in [0.1, 0.15) is 0 Å². The highest BCUT2D eigenvalue weighted by atomic mass is 16.2. The van der Waals surface area contributed by atoms with Crippen LogP contribution in [-0.4, -0.2) is 22.5 Å². The number of pyridine rings is 1. The number of carbonyl (C=O) groups excluding carboxylic acids is 2. The van der Waals surface area contributed by atoms with Gasteiger partial charge in [-0.05, 0) is 30.9 Å². The van der Waals surface area contributed by atoms with Gasteiger partial charge in [-0.15, -0.1) is 0 Å².